The fraction of sp³-hybridized carbons (Fsp3) is 0.556. The first-order valence-corrected chi connectivity index (χ1v) is 8.23. The Labute approximate surface area is 131 Å². The normalized spacial score (nSPS) is 24.6. The lowest BCUT2D eigenvalue weighted by atomic mass is 9.81. The molecule has 4 heteroatoms. The van der Waals surface area contributed by atoms with Crippen LogP contribution in [0.5, 0.6) is 0 Å². The van der Waals surface area contributed by atoms with Gasteiger partial charge in [-0.25, -0.2) is 0 Å². The molecule has 1 aromatic rings. The van der Waals surface area contributed by atoms with E-state index in [0.717, 1.165) is 25.7 Å². The van der Waals surface area contributed by atoms with Crippen LogP contribution in [0.2, 0.25) is 0 Å². The smallest absolute Gasteiger partial charge is 0.308 e. The molecule has 1 N–H and O–H groups in total. The highest BCUT2D eigenvalue weighted by molar-refractivity contribution is 5.79. The average Bonchev–Trinajstić information content (AvgIpc) is 2.55. The molecule has 0 saturated carbocycles. The van der Waals surface area contributed by atoms with Gasteiger partial charge in [-0.05, 0) is 49.1 Å². The van der Waals surface area contributed by atoms with E-state index in [4.69, 9.17) is 5.11 Å². The summed E-state index contributed by atoms with van der Waals surface area (Å²) in [4.78, 5) is 25.5. The van der Waals surface area contributed by atoms with Crippen molar-refractivity contribution in [3.05, 3.63) is 35.4 Å². The van der Waals surface area contributed by atoms with Crippen LogP contribution in [0.25, 0.3) is 0 Å². The first-order chi connectivity index (χ1) is 10.6. The number of carboxylic acids is 1. The number of aryl methyl sites for hydroxylation is 1. The SMILES string of the molecule is O=C(O)[C@@H]1CCCN(C(=O)C[C@@H]2CCCc3ccccc32)C1. The van der Waals surface area contributed by atoms with E-state index in [1.165, 1.54) is 11.1 Å². The molecule has 22 heavy (non-hydrogen) atoms. The van der Waals surface area contributed by atoms with Crippen LogP contribution in [0.15, 0.2) is 24.3 Å². The van der Waals surface area contributed by atoms with Crippen molar-refractivity contribution in [3.8, 4) is 0 Å². The molecule has 1 heterocycles. The molecule has 118 valence electrons. The minimum atomic E-state index is -0.777. The number of carboxylic acid groups (broad SMARTS) is 1. The van der Waals surface area contributed by atoms with Gasteiger partial charge in [0.15, 0.2) is 0 Å². The molecule has 0 aromatic heterocycles. The highest BCUT2D eigenvalue weighted by Crippen LogP contribution is 2.34. The summed E-state index contributed by atoms with van der Waals surface area (Å²) in [5, 5.41) is 9.15. The van der Waals surface area contributed by atoms with Crippen LogP contribution >= 0.6 is 0 Å². The highest BCUT2D eigenvalue weighted by Gasteiger charge is 2.30. The van der Waals surface area contributed by atoms with E-state index in [9.17, 15) is 9.59 Å². The van der Waals surface area contributed by atoms with Gasteiger partial charge in [-0.2, -0.15) is 0 Å². The molecule has 1 aromatic carbocycles. The fourth-order valence-corrected chi connectivity index (χ4v) is 3.81. The number of carbonyl (C=O) groups is 2. The van der Waals surface area contributed by atoms with E-state index in [2.05, 4.69) is 18.2 Å². The molecule has 1 amide bonds. The zero-order chi connectivity index (χ0) is 15.5. The molecule has 1 aliphatic carbocycles. The maximum absolute atomic E-state index is 12.6. The first kappa shape index (κ1) is 15.1. The van der Waals surface area contributed by atoms with E-state index in [1.54, 1.807) is 4.90 Å². The molecule has 0 spiro atoms. The zero-order valence-corrected chi connectivity index (χ0v) is 12.8. The van der Waals surface area contributed by atoms with Gasteiger partial charge in [0.2, 0.25) is 5.91 Å². The Bertz CT molecular complexity index is 569. The van der Waals surface area contributed by atoms with Crippen molar-refractivity contribution in [1.82, 2.24) is 4.90 Å². The zero-order valence-electron chi connectivity index (χ0n) is 12.8. The number of hydrogen-bond acceptors (Lipinski definition) is 2. The number of carbonyl (C=O) groups excluding carboxylic acids is 1. The first-order valence-electron chi connectivity index (χ1n) is 8.23. The highest BCUT2D eigenvalue weighted by atomic mass is 16.4. The summed E-state index contributed by atoms with van der Waals surface area (Å²) in [7, 11) is 0. The van der Waals surface area contributed by atoms with Gasteiger partial charge in [0.05, 0.1) is 5.92 Å². The predicted molar refractivity (Wildman–Crippen MR) is 83.7 cm³/mol. The number of nitrogens with zero attached hydrogens (tertiary/aromatic N) is 1. The molecular weight excluding hydrogens is 278 g/mol. The third kappa shape index (κ3) is 3.16. The summed E-state index contributed by atoms with van der Waals surface area (Å²) in [5.74, 6) is -0.757. The van der Waals surface area contributed by atoms with Crippen molar-refractivity contribution >= 4 is 11.9 Å². The van der Waals surface area contributed by atoms with Crippen LogP contribution in [-0.2, 0) is 16.0 Å². The van der Waals surface area contributed by atoms with Gasteiger partial charge in [0.1, 0.15) is 0 Å². The fourth-order valence-electron chi connectivity index (χ4n) is 3.81. The predicted octanol–water partition coefficient (Wildman–Crippen LogP) is 2.82. The molecule has 1 aliphatic heterocycles. The summed E-state index contributed by atoms with van der Waals surface area (Å²) in [6, 6.07) is 8.41. The summed E-state index contributed by atoms with van der Waals surface area (Å²) in [6.07, 6.45) is 5.29. The number of rotatable bonds is 3. The average molecular weight is 301 g/mol. The van der Waals surface area contributed by atoms with Crippen LogP contribution < -0.4 is 0 Å². The monoisotopic (exact) mass is 301 g/mol. The van der Waals surface area contributed by atoms with E-state index >= 15 is 0 Å². The van der Waals surface area contributed by atoms with Crippen molar-refractivity contribution in [2.75, 3.05) is 13.1 Å². The molecule has 3 rings (SSSR count). The lowest BCUT2D eigenvalue weighted by Gasteiger charge is -2.33. The molecule has 2 atom stereocenters. The van der Waals surface area contributed by atoms with Gasteiger partial charge in [0, 0.05) is 19.5 Å². The van der Waals surface area contributed by atoms with Crippen LogP contribution in [0.4, 0.5) is 0 Å². The van der Waals surface area contributed by atoms with Gasteiger partial charge in [-0.1, -0.05) is 24.3 Å². The number of benzene rings is 1. The number of piperidine rings is 1. The standard InChI is InChI=1S/C18H23NO3/c20-17(19-10-4-8-15(12-19)18(21)22)11-14-7-3-6-13-5-1-2-9-16(13)14/h1-2,5,9,14-15H,3-4,6-8,10-12H2,(H,21,22)/t14-,15+/m0/s1. The number of fused-ring (bicyclic) bond motifs is 1. The minimum Gasteiger partial charge on any atom is -0.481 e. The van der Waals surface area contributed by atoms with E-state index in [0.29, 0.717) is 31.8 Å². The topological polar surface area (TPSA) is 57.6 Å². The van der Waals surface area contributed by atoms with Crippen LogP contribution in [0.1, 0.15) is 49.1 Å². The van der Waals surface area contributed by atoms with E-state index < -0.39 is 11.9 Å². The minimum absolute atomic E-state index is 0.118. The molecule has 1 saturated heterocycles. The quantitative estimate of drug-likeness (QED) is 0.934. The molecule has 4 nitrogen and oxygen atoms in total. The summed E-state index contributed by atoms with van der Waals surface area (Å²) in [5.41, 5.74) is 2.68. The van der Waals surface area contributed by atoms with Crippen LogP contribution in [-0.4, -0.2) is 35.0 Å². The summed E-state index contributed by atoms with van der Waals surface area (Å²) < 4.78 is 0. The molecule has 2 aliphatic rings. The van der Waals surface area contributed by atoms with Gasteiger partial charge in [-0.3, -0.25) is 9.59 Å². The Morgan fingerprint density at radius 2 is 2.00 bits per heavy atom. The molecule has 0 radical (unpaired) electrons. The molecule has 0 unspecified atom stereocenters. The summed E-state index contributed by atoms with van der Waals surface area (Å²) in [6.45, 7) is 1.08. The van der Waals surface area contributed by atoms with Gasteiger partial charge in [0.25, 0.3) is 0 Å². The number of likely N-dealkylation sites (tertiary alicyclic amines) is 1. The van der Waals surface area contributed by atoms with Crippen LogP contribution in [0.3, 0.4) is 0 Å². The molecular formula is C18H23NO3. The Kier molecular flexibility index (Phi) is 4.46. The lowest BCUT2D eigenvalue weighted by molar-refractivity contribution is -0.145. The van der Waals surface area contributed by atoms with Crippen molar-refractivity contribution in [2.24, 2.45) is 5.92 Å². The van der Waals surface area contributed by atoms with Crippen LogP contribution in [0, 0.1) is 5.92 Å². The number of aliphatic carboxylic acids is 1. The van der Waals surface area contributed by atoms with E-state index in [-0.39, 0.29) is 5.91 Å². The van der Waals surface area contributed by atoms with Gasteiger partial charge >= 0.3 is 5.97 Å². The number of hydrogen-bond donors (Lipinski definition) is 1. The van der Waals surface area contributed by atoms with Gasteiger partial charge < -0.3 is 10.0 Å². The van der Waals surface area contributed by atoms with E-state index in [1.807, 2.05) is 6.07 Å². The Morgan fingerprint density at radius 1 is 1.18 bits per heavy atom. The Morgan fingerprint density at radius 3 is 2.82 bits per heavy atom. The summed E-state index contributed by atoms with van der Waals surface area (Å²) >= 11 is 0. The van der Waals surface area contributed by atoms with Crippen molar-refractivity contribution < 1.29 is 14.7 Å². The lowest BCUT2D eigenvalue weighted by Crippen LogP contribution is -2.42. The maximum atomic E-state index is 12.6. The second-order valence-electron chi connectivity index (χ2n) is 6.51. The Balaban J connectivity index is 1.66. The van der Waals surface area contributed by atoms with Gasteiger partial charge in [-0.15, -0.1) is 0 Å². The third-order valence-corrected chi connectivity index (χ3v) is 5.04. The largest absolute Gasteiger partial charge is 0.481 e. The second-order valence-corrected chi connectivity index (χ2v) is 6.51. The van der Waals surface area contributed by atoms with Crippen molar-refractivity contribution in [2.45, 2.75) is 44.4 Å². The number of amides is 1. The Hall–Kier alpha value is -1.84. The second kappa shape index (κ2) is 6.51. The molecule has 1 fully saturated rings. The maximum Gasteiger partial charge on any atom is 0.308 e. The third-order valence-electron chi connectivity index (χ3n) is 5.04. The molecule has 0 bridgehead atoms. The van der Waals surface area contributed by atoms with Crippen molar-refractivity contribution in [3.63, 3.8) is 0 Å². The van der Waals surface area contributed by atoms with Crippen molar-refractivity contribution in [1.29, 1.82) is 0 Å².